The lowest BCUT2D eigenvalue weighted by Gasteiger charge is -2.18. The van der Waals surface area contributed by atoms with E-state index in [-0.39, 0.29) is 24.5 Å². The summed E-state index contributed by atoms with van der Waals surface area (Å²) in [6, 6.07) is 7.84. The number of para-hydroxylation sites is 1. The zero-order valence-corrected chi connectivity index (χ0v) is 16.3. The first-order valence-electron chi connectivity index (χ1n) is 9.34. The SMILES string of the molecule is CC(=O)Oc1ccccc1C(=O)O[C@H]1CO[C@H]2[C@@H]1OC[C@H]2OC(=O)c1ccnn1C. The van der Waals surface area contributed by atoms with Crippen LogP contribution >= 0.6 is 0 Å². The Balaban J connectivity index is 1.39. The van der Waals surface area contributed by atoms with Crippen LogP contribution in [0.5, 0.6) is 5.75 Å². The van der Waals surface area contributed by atoms with Gasteiger partial charge in [0, 0.05) is 20.2 Å². The average Bonchev–Trinajstić information content (AvgIpc) is 3.40. The van der Waals surface area contributed by atoms with Crippen molar-refractivity contribution in [1.29, 1.82) is 0 Å². The average molecular weight is 416 g/mol. The number of carbonyl (C=O) groups excluding carboxylic acids is 3. The number of aromatic nitrogens is 2. The van der Waals surface area contributed by atoms with Crippen molar-refractivity contribution in [2.45, 2.75) is 31.3 Å². The molecule has 158 valence electrons. The number of hydrogen-bond acceptors (Lipinski definition) is 9. The van der Waals surface area contributed by atoms with Crippen molar-refractivity contribution >= 4 is 17.9 Å². The van der Waals surface area contributed by atoms with Gasteiger partial charge in [-0.25, -0.2) is 9.59 Å². The predicted octanol–water partition coefficient (Wildman–Crippen LogP) is 0.894. The van der Waals surface area contributed by atoms with E-state index in [2.05, 4.69) is 5.10 Å². The van der Waals surface area contributed by atoms with Gasteiger partial charge < -0.3 is 23.7 Å². The molecule has 1 aromatic carbocycles. The van der Waals surface area contributed by atoms with Crippen molar-refractivity contribution in [3.8, 4) is 5.75 Å². The lowest BCUT2D eigenvalue weighted by molar-refractivity contribution is -0.131. The van der Waals surface area contributed by atoms with Crippen LogP contribution in [0.3, 0.4) is 0 Å². The Kier molecular flexibility index (Phi) is 5.51. The third-order valence-corrected chi connectivity index (χ3v) is 4.87. The largest absolute Gasteiger partial charge is 0.453 e. The van der Waals surface area contributed by atoms with Crippen LogP contribution in [0.25, 0.3) is 0 Å². The second-order valence-corrected chi connectivity index (χ2v) is 6.91. The zero-order valence-electron chi connectivity index (χ0n) is 16.3. The maximum absolute atomic E-state index is 12.6. The Morgan fingerprint density at radius 3 is 2.23 bits per heavy atom. The van der Waals surface area contributed by atoms with E-state index in [1.165, 1.54) is 29.9 Å². The summed E-state index contributed by atoms with van der Waals surface area (Å²) in [7, 11) is 1.64. The minimum Gasteiger partial charge on any atom is -0.453 e. The van der Waals surface area contributed by atoms with Crippen LogP contribution in [-0.2, 0) is 30.8 Å². The molecular formula is C20H20N2O8. The summed E-state index contributed by atoms with van der Waals surface area (Å²) in [4.78, 5) is 36.2. The molecular weight excluding hydrogens is 396 g/mol. The van der Waals surface area contributed by atoms with Crippen molar-refractivity contribution in [3.63, 3.8) is 0 Å². The number of hydrogen-bond donors (Lipinski definition) is 0. The Morgan fingerprint density at radius 2 is 1.63 bits per heavy atom. The van der Waals surface area contributed by atoms with Crippen LogP contribution in [-0.4, -0.2) is 65.3 Å². The van der Waals surface area contributed by atoms with Crippen LogP contribution in [0, 0.1) is 0 Å². The summed E-state index contributed by atoms with van der Waals surface area (Å²) in [6.45, 7) is 1.46. The number of rotatable bonds is 5. The van der Waals surface area contributed by atoms with Gasteiger partial charge in [-0.3, -0.25) is 9.48 Å². The number of aryl methyl sites for hydroxylation is 1. The topological polar surface area (TPSA) is 115 Å². The highest BCUT2D eigenvalue weighted by Crippen LogP contribution is 2.32. The van der Waals surface area contributed by atoms with Crippen molar-refractivity contribution < 1.29 is 38.1 Å². The fourth-order valence-electron chi connectivity index (χ4n) is 3.48. The van der Waals surface area contributed by atoms with Gasteiger partial charge in [-0.15, -0.1) is 0 Å². The van der Waals surface area contributed by atoms with Crippen LogP contribution < -0.4 is 4.74 Å². The molecule has 2 aliphatic heterocycles. The van der Waals surface area contributed by atoms with E-state index >= 15 is 0 Å². The molecule has 0 amide bonds. The molecule has 10 nitrogen and oxygen atoms in total. The van der Waals surface area contributed by atoms with Crippen LogP contribution in [0.2, 0.25) is 0 Å². The first-order valence-corrected chi connectivity index (χ1v) is 9.34. The fraction of sp³-hybridized carbons (Fsp3) is 0.400. The summed E-state index contributed by atoms with van der Waals surface area (Å²) >= 11 is 0. The molecule has 0 N–H and O–H groups in total. The summed E-state index contributed by atoms with van der Waals surface area (Å²) < 4.78 is 28.9. The third kappa shape index (κ3) is 3.91. The standard InChI is InChI=1S/C20H20N2O8/c1-11(23)28-14-6-4-3-5-12(14)19(24)29-15-9-26-18-16(10-27-17(15)18)30-20(25)13-7-8-21-22(13)2/h3-8,15-18H,9-10H2,1-2H3/t15-,16+,17+,18+/m0/s1. The van der Waals surface area contributed by atoms with Gasteiger partial charge in [-0.1, -0.05) is 12.1 Å². The smallest absolute Gasteiger partial charge is 0.357 e. The number of ether oxygens (including phenoxy) is 5. The molecule has 0 bridgehead atoms. The molecule has 4 rings (SSSR count). The van der Waals surface area contributed by atoms with E-state index in [4.69, 9.17) is 23.7 Å². The molecule has 0 aliphatic carbocycles. The molecule has 2 aromatic rings. The van der Waals surface area contributed by atoms with Crippen molar-refractivity contribution in [3.05, 3.63) is 47.8 Å². The minimum absolute atomic E-state index is 0.0938. The van der Waals surface area contributed by atoms with Gasteiger partial charge in [0.1, 0.15) is 29.2 Å². The molecule has 2 fully saturated rings. The van der Waals surface area contributed by atoms with E-state index in [1.54, 1.807) is 25.2 Å². The second kappa shape index (κ2) is 8.25. The van der Waals surface area contributed by atoms with E-state index in [0.29, 0.717) is 5.69 Å². The number of fused-ring (bicyclic) bond motifs is 1. The Hall–Kier alpha value is -3.24. The van der Waals surface area contributed by atoms with E-state index < -0.39 is 42.3 Å². The van der Waals surface area contributed by atoms with Gasteiger partial charge in [0.25, 0.3) is 0 Å². The van der Waals surface area contributed by atoms with Crippen LogP contribution in [0.1, 0.15) is 27.8 Å². The lowest BCUT2D eigenvalue weighted by Crippen LogP contribution is -2.36. The number of carbonyl (C=O) groups is 3. The van der Waals surface area contributed by atoms with Gasteiger partial charge in [-0.2, -0.15) is 5.10 Å². The van der Waals surface area contributed by atoms with Crippen LogP contribution in [0.4, 0.5) is 0 Å². The zero-order chi connectivity index (χ0) is 21.3. The maximum atomic E-state index is 12.6. The van der Waals surface area contributed by atoms with Gasteiger partial charge in [-0.05, 0) is 18.2 Å². The first-order chi connectivity index (χ1) is 14.4. The van der Waals surface area contributed by atoms with Crippen molar-refractivity contribution in [2.24, 2.45) is 7.05 Å². The molecule has 0 saturated carbocycles. The molecule has 0 unspecified atom stereocenters. The third-order valence-electron chi connectivity index (χ3n) is 4.87. The van der Waals surface area contributed by atoms with Gasteiger partial charge in [0.15, 0.2) is 12.2 Å². The molecule has 1 aromatic heterocycles. The van der Waals surface area contributed by atoms with Crippen LogP contribution in [0.15, 0.2) is 36.5 Å². The molecule has 2 saturated heterocycles. The predicted molar refractivity (Wildman–Crippen MR) is 98.8 cm³/mol. The molecule has 4 atom stereocenters. The Labute approximate surface area is 171 Å². The number of esters is 3. The highest BCUT2D eigenvalue weighted by Gasteiger charge is 2.51. The normalized spacial score (nSPS) is 24.9. The monoisotopic (exact) mass is 416 g/mol. The molecule has 3 heterocycles. The fourth-order valence-corrected chi connectivity index (χ4v) is 3.48. The van der Waals surface area contributed by atoms with E-state index in [0.717, 1.165) is 0 Å². The van der Waals surface area contributed by atoms with E-state index in [1.807, 2.05) is 0 Å². The van der Waals surface area contributed by atoms with E-state index in [9.17, 15) is 14.4 Å². The summed E-state index contributed by atoms with van der Waals surface area (Å²) in [6.07, 6.45) is -0.940. The second-order valence-electron chi connectivity index (χ2n) is 6.91. The molecule has 30 heavy (non-hydrogen) atoms. The summed E-state index contributed by atoms with van der Waals surface area (Å²) in [5.41, 5.74) is 0.426. The Morgan fingerprint density at radius 1 is 1.00 bits per heavy atom. The van der Waals surface area contributed by atoms with Gasteiger partial charge >= 0.3 is 17.9 Å². The van der Waals surface area contributed by atoms with Gasteiger partial charge in [0.2, 0.25) is 0 Å². The highest BCUT2D eigenvalue weighted by atomic mass is 16.7. The molecule has 10 heteroatoms. The number of nitrogens with zero attached hydrogens (tertiary/aromatic N) is 2. The molecule has 2 aliphatic rings. The maximum Gasteiger partial charge on any atom is 0.357 e. The molecule has 0 spiro atoms. The summed E-state index contributed by atoms with van der Waals surface area (Å²) in [5, 5.41) is 3.94. The quantitative estimate of drug-likeness (QED) is 0.518. The summed E-state index contributed by atoms with van der Waals surface area (Å²) in [5.74, 6) is -1.64. The van der Waals surface area contributed by atoms with Gasteiger partial charge in [0.05, 0.1) is 13.2 Å². The number of benzene rings is 1. The first kappa shape index (κ1) is 20.0. The van der Waals surface area contributed by atoms with Crippen molar-refractivity contribution in [1.82, 2.24) is 9.78 Å². The Bertz CT molecular complexity index is 971. The van der Waals surface area contributed by atoms with Crippen molar-refractivity contribution in [2.75, 3.05) is 13.2 Å². The minimum atomic E-state index is -0.687. The lowest BCUT2D eigenvalue weighted by atomic mass is 10.1. The molecule has 0 radical (unpaired) electrons. The highest BCUT2D eigenvalue weighted by molar-refractivity contribution is 5.93.